The summed E-state index contributed by atoms with van der Waals surface area (Å²) in [7, 11) is 0. The maximum Gasteiger partial charge on any atom is 0.277 e. The molecule has 5 N–H and O–H groups in total. The standard InChI is InChI=1S/C15H19N5O3/c1-2-9-22-12-5-3-11(4-6-12)10-17-7-8-18-15(21)13-14(16)20-23-19-13/h2-6,17H,1,7-10H2,(H2,16,20)(H,18,21)/p+1. The maximum absolute atomic E-state index is 11.7. The van der Waals surface area contributed by atoms with Crippen molar-refractivity contribution in [2.24, 2.45) is 0 Å². The third-order valence-electron chi connectivity index (χ3n) is 3.03. The van der Waals surface area contributed by atoms with Gasteiger partial charge in [-0.15, -0.1) is 0 Å². The van der Waals surface area contributed by atoms with E-state index in [4.69, 9.17) is 10.5 Å². The van der Waals surface area contributed by atoms with E-state index in [2.05, 4.69) is 32.2 Å². The van der Waals surface area contributed by atoms with E-state index < -0.39 is 0 Å². The van der Waals surface area contributed by atoms with Crippen LogP contribution in [-0.4, -0.2) is 35.9 Å². The minimum Gasteiger partial charge on any atom is -0.490 e. The highest BCUT2D eigenvalue weighted by atomic mass is 16.6. The number of carbonyl (C=O) groups is 1. The maximum atomic E-state index is 11.7. The van der Waals surface area contributed by atoms with Crippen molar-refractivity contribution in [1.82, 2.24) is 15.6 Å². The highest BCUT2D eigenvalue weighted by Gasteiger charge is 2.15. The van der Waals surface area contributed by atoms with E-state index >= 15 is 0 Å². The van der Waals surface area contributed by atoms with E-state index in [-0.39, 0.29) is 17.4 Å². The Morgan fingerprint density at radius 3 is 2.83 bits per heavy atom. The molecule has 0 aliphatic carbocycles. The molecule has 0 spiro atoms. The Kier molecular flexibility index (Phi) is 6.13. The lowest BCUT2D eigenvalue weighted by Crippen LogP contribution is -2.84. The molecule has 0 atom stereocenters. The van der Waals surface area contributed by atoms with Gasteiger partial charge in [-0.2, -0.15) is 0 Å². The third-order valence-corrected chi connectivity index (χ3v) is 3.03. The molecule has 122 valence electrons. The minimum absolute atomic E-state index is 0.00903. The summed E-state index contributed by atoms with van der Waals surface area (Å²) in [6, 6.07) is 7.87. The van der Waals surface area contributed by atoms with E-state index in [0.29, 0.717) is 13.2 Å². The van der Waals surface area contributed by atoms with Gasteiger partial charge >= 0.3 is 0 Å². The molecule has 23 heavy (non-hydrogen) atoms. The van der Waals surface area contributed by atoms with Crippen LogP contribution < -0.4 is 21.1 Å². The number of ether oxygens (including phenoxy) is 1. The van der Waals surface area contributed by atoms with Crippen LogP contribution in [0.3, 0.4) is 0 Å². The lowest BCUT2D eigenvalue weighted by Gasteiger charge is -2.05. The van der Waals surface area contributed by atoms with Crippen LogP contribution in [0.2, 0.25) is 0 Å². The highest BCUT2D eigenvalue weighted by Crippen LogP contribution is 2.11. The molecular weight excluding hydrogens is 298 g/mol. The van der Waals surface area contributed by atoms with E-state index in [1.54, 1.807) is 6.08 Å². The van der Waals surface area contributed by atoms with Gasteiger partial charge in [0.2, 0.25) is 11.5 Å². The van der Waals surface area contributed by atoms with Crippen LogP contribution in [-0.2, 0) is 6.54 Å². The number of carbonyl (C=O) groups excluding carboxylic acids is 1. The number of nitrogens with one attached hydrogen (secondary N) is 1. The van der Waals surface area contributed by atoms with Crippen molar-refractivity contribution in [2.45, 2.75) is 6.54 Å². The topological polar surface area (TPSA) is 120 Å². The monoisotopic (exact) mass is 318 g/mol. The molecule has 2 aromatic rings. The molecule has 1 amide bonds. The molecule has 0 fully saturated rings. The number of aromatic nitrogens is 2. The second kappa shape index (κ2) is 8.54. The molecule has 0 bridgehead atoms. The van der Waals surface area contributed by atoms with Crippen LogP contribution in [0.5, 0.6) is 5.75 Å². The predicted octanol–water partition coefficient (Wildman–Crippen LogP) is -0.290. The molecule has 1 aromatic carbocycles. The van der Waals surface area contributed by atoms with Gasteiger partial charge in [0.1, 0.15) is 18.9 Å². The second-order valence-electron chi connectivity index (χ2n) is 4.78. The van der Waals surface area contributed by atoms with Gasteiger partial charge in [0, 0.05) is 5.56 Å². The zero-order valence-electron chi connectivity index (χ0n) is 12.7. The van der Waals surface area contributed by atoms with Crippen molar-refractivity contribution in [2.75, 3.05) is 25.4 Å². The van der Waals surface area contributed by atoms with Crippen LogP contribution in [0, 0.1) is 0 Å². The molecule has 0 saturated heterocycles. The van der Waals surface area contributed by atoms with Crippen molar-refractivity contribution >= 4 is 11.7 Å². The van der Waals surface area contributed by atoms with Crippen molar-refractivity contribution in [3.05, 3.63) is 48.2 Å². The van der Waals surface area contributed by atoms with Crippen molar-refractivity contribution in [3.63, 3.8) is 0 Å². The Balaban J connectivity index is 1.64. The lowest BCUT2D eigenvalue weighted by molar-refractivity contribution is -0.668. The highest BCUT2D eigenvalue weighted by molar-refractivity contribution is 5.95. The predicted molar refractivity (Wildman–Crippen MR) is 83.7 cm³/mol. The number of benzene rings is 1. The van der Waals surface area contributed by atoms with Crippen molar-refractivity contribution in [1.29, 1.82) is 0 Å². The fraction of sp³-hybridized carbons (Fsp3) is 0.267. The summed E-state index contributed by atoms with van der Waals surface area (Å²) >= 11 is 0. The Bertz CT molecular complexity index is 639. The summed E-state index contributed by atoms with van der Waals surface area (Å²) in [5.41, 5.74) is 6.63. The summed E-state index contributed by atoms with van der Waals surface area (Å²) in [5.74, 6) is 0.422. The summed E-state index contributed by atoms with van der Waals surface area (Å²) in [4.78, 5) is 11.7. The Labute approximate surface area is 133 Å². The van der Waals surface area contributed by atoms with E-state index in [0.717, 1.165) is 18.8 Å². The molecule has 0 aliphatic heterocycles. The number of anilines is 1. The molecule has 1 aromatic heterocycles. The van der Waals surface area contributed by atoms with Gasteiger partial charge in [-0.1, -0.05) is 12.7 Å². The van der Waals surface area contributed by atoms with Crippen LogP contribution in [0.1, 0.15) is 16.1 Å². The fourth-order valence-electron chi connectivity index (χ4n) is 1.87. The number of hydrogen-bond donors (Lipinski definition) is 3. The summed E-state index contributed by atoms with van der Waals surface area (Å²) in [6.07, 6.45) is 1.71. The van der Waals surface area contributed by atoms with Crippen LogP contribution in [0.15, 0.2) is 41.5 Å². The summed E-state index contributed by atoms with van der Waals surface area (Å²) in [6.45, 7) is 6.13. The van der Waals surface area contributed by atoms with Crippen molar-refractivity contribution in [3.8, 4) is 5.75 Å². The average molecular weight is 318 g/mol. The number of nitrogens with two attached hydrogens (primary N) is 2. The largest absolute Gasteiger partial charge is 0.490 e. The SMILES string of the molecule is C=CCOc1ccc(C[NH2+]CCNC(=O)c2nonc2N)cc1. The molecule has 8 heteroatoms. The van der Waals surface area contributed by atoms with E-state index in [1.165, 1.54) is 5.56 Å². The molecule has 0 aliphatic rings. The molecule has 2 rings (SSSR count). The number of rotatable bonds is 9. The molecule has 1 heterocycles. The summed E-state index contributed by atoms with van der Waals surface area (Å²) < 4.78 is 9.80. The Morgan fingerprint density at radius 1 is 1.39 bits per heavy atom. The minimum atomic E-state index is -0.388. The van der Waals surface area contributed by atoms with Crippen LogP contribution in [0.4, 0.5) is 5.82 Å². The van der Waals surface area contributed by atoms with Crippen LogP contribution >= 0.6 is 0 Å². The fourth-order valence-corrected chi connectivity index (χ4v) is 1.87. The molecule has 0 unspecified atom stereocenters. The van der Waals surface area contributed by atoms with Crippen molar-refractivity contribution < 1.29 is 19.5 Å². The van der Waals surface area contributed by atoms with Gasteiger partial charge in [-0.25, -0.2) is 4.63 Å². The molecule has 0 saturated carbocycles. The third kappa shape index (κ3) is 5.11. The first-order chi connectivity index (χ1) is 11.2. The molecular formula is C15H20N5O3+. The molecule has 0 radical (unpaired) electrons. The zero-order valence-corrected chi connectivity index (χ0v) is 12.7. The van der Waals surface area contributed by atoms with Gasteiger partial charge in [0.05, 0.1) is 13.1 Å². The zero-order chi connectivity index (χ0) is 16.5. The number of amides is 1. The number of nitrogens with zero attached hydrogens (tertiary/aromatic N) is 2. The van der Waals surface area contributed by atoms with E-state index in [9.17, 15) is 4.79 Å². The molecule has 8 nitrogen and oxygen atoms in total. The first kappa shape index (κ1) is 16.5. The number of nitrogen functional groups attached to an aromatic ring is 1. The van der Waals surface area contributed by atoms with Gasteiger partial charge in [-0.3, -0.25) is 4.79 Å². The van der Waals surface area contributed by atoms with Gasteiger partial charge < -0.3 is 21.1 Å². The summed E-state index contributed by atoms with van der Waals surface area (Å²) in [5, 5.41) is 11.6. The number of quaternary nitrogens is 1. The Morgan fingerprint density at radius 2 is 2.17 bits per heavy atom. The second-order valence-corrected chi connectivity index (χ2v) is 4.78. The van der Waals surface area contributed by atoms with Gasteiger partial charge in [0.25, 0.3) is 5.91 Å². The first-order valence-electron chi connectivity index (χ1n) is 7.21. The normalized spacial score (nSPS) is 10.3. The number of hydrogen-bond acceptors (Lipinski definition) is 6. The average Bonchev–Trinajstić information content (AvgIpc) is 2.99. The van der Waals surface area contributed by atoms with Gasteiger partial charge in [0.15, 0.2) is 0 Å². The van der Waals surface area contributed by atoms with Crippen LogP contribution in [0.25, 0.3) is 0 Å². The smallest absolute Gasteiger partial charge is 0.277 e. The Hall–Kier alpha value is -2.87. The van der Waals surface area contributed by atoms with Gasteiger partial charge in [-0.05, 0) is 34.6 Å². The van der Waals surface area contributed by atoms with E-state index in [1.807, 2.05) is 24.3 Å². The quantitative estimate of drug-likeness (QED) is 0.432. The first-order valence-corrected chi connectivity index (χ1v) is 7.21. The lowest BCUT2D eigenvalue weighted by atomic mass is 10.2.